The van der Waals surface area contributed by atoms with Gasteiger partial charge in [-0.3, -0.25) is 4.79 Å². The Bertz CT molecular complexity index is 996. The van der Waals surface area contributed by atoms with Crippen molar-refractivity contribution < 1.29 is 18.3 Å². The van der Waals surface area contributed by atoms with Crippen LogP contribution >= 0.6 is 0 Å². The summed E-state index contributed by atoms with van der Waals surface area (Å²) < 4.78 is 33.7. The molecule has 1 aromatic carbocycles. The average Bonchev–Trinajstić information content (AvgIpc) is 3.09. The molecule has 0 radical (unpaired) electrons. The third-order valence-corrected chi connectivity index (χ3v) is 4.49. The van der Waals surface area contributed by atoms with E-state index in [0.29, 0.717) is 37.3 Å². The Balaban J connectivity index is 1.79. The van der Waals surface area contributed by atoms with Gasteiger partial charge in [0.1, 0.15) is 11.5 Å². The highest BCUT2D eigenvalue weighted by Gasteiger charge is 2.24. The van der Waals surface area contributed by atoms with Crippen LogP contribution in [-0.4, -0.2) is 42.1 Å². The van der Waals surface area contributed by atoms with Crippen molar-refractivity contribution in [1.29, 1.82) is 0 Å². The number of benzene rings is 1. The van der Waals surface area contributed by atoms with Crippen LogP contribution in [0.5, 0.6) is 0 Å². The van der Waals surface area contributed by atoms with Crippen LogP contribution in [0.15, 0.2) is 30.6 Å². The number of ketones is 1. The number of H-pyrrole nitrogens is 1. The van der Waals surface area contributed by atoms with Crippen molar-refractivity contribution in [2.24, 2.45) is 0 Å². The van der Waals surface area contributed by atoms with Crippen LogP contribution < -0.4 is 10.6 Å². The van der Waals surface area contributed by atoms with Gasteiger partial charge in [0.25, 0.3) is 0 Å². The molecule has 26 heavy (non-hydrogen) atoms. The second-order valence-electron chi connectivity index (χ2n) is 6.05. The van der Waals surface area contributed by atoms with Gasteiger partial charge in [0, 0.05) is 30.2 Å². The molecule has 6 nitrogen and oxygen atoms in total. The predicted octanol–water partition coefficient (Wildman–Crippen LogP) is 2.49. The molecule has 3 aromatic rings. The number of anilines is 2. The van der Waals surface area contributed by atoms with Crippen molar-refractivity contribution in [3.8, 4) is 0 Å². The molecule has 0 unspecified atom stereocenters. The summed E-state index contributed by atoms with van der Waals surface area (Å²) in [5.41, 5.74) is 5.98. The number of pyridine rings is 1. The number of aromatic nitrogens is 2. The number of carbonyl (C=O) groups excluding carboxylic acids is 1. The van der Waals surface area contributed by atoms with Gasteiger partial charge in [-0.25, -0.2) is 13.8 Å². The third-order valence-electron chi connectivity index (χ3n) is 4.49. The van der Waals surface area contributed by atoms with Gasteiger partial charge in [0.15, 0.2) is 5.82 Å². The van der Waals surface area contributed by atoms with E-state index < -0.39 is 23.0 Å². The van der Waals surface area contributed by atoms with Crippen molar-refractivity contribution in [3.63, 3.8) is 0 Å². The molecule has 4 rings (SSSR count). The Kier molecular flexibility index (Phi) is 4.04. The van der Waals surface area contributed by atoms with Crippen LogP contribution in [0.25, 0.3) is 11.0 Å². The van der Waals surface area contributed by atoms with E-state index in [1.165, 1.54) is 6.20 Å². The average molecular weight is 358 g/mol. The molecule has 0 amide bonds. The standard InChI is InChI=1S/C18H16F2N4O2/c19-13-1-2-14(21)16(20)15(13)17(25)12-9-23-18-11(12)7-10(8-22-18)24-3-5-26-6-4-24/h1-2,7-9H,3-6,21H2,(H,22,23). The van der Waals surface area contributed by atoms with Crippen LogP contribution in [0.4, 0.5) is 20.2 Å². The number of morpholine rings is 1. The maximum absolute atomic E-state index is 14.2. The molecule has 1 aliphatic rings. The van der Waals surface area contributed by atoms with E-state index in [-0.39, 0.29) is 11.3 Å². The lowest BCUT2D eigenvalue weighted by Gasteiger charge is -2.28. The Morgan fingerprint density at radius 1 is 1.27 bits per heavy atom. The zero-order valence-electron chi connectivity index (χ0n) is 13.8. The van der Waals surface area contributed by atoms with Crippen molar-refractivity contribution in [3.05, 3.63) is 53.4 Å². The van der Waals surface area contributed by atoms with Crippen molar-refractivity contribution >= 4 is 28.2 Å². The molecule has 0 spiro atoms. The number of hydrogen-bond donors (Lipinski definition) is 2. The number of nitrogens with one attached hydrogen (secondary N) is 1. The fourth-order valence-corrected chi connectivity index (χ4v) is 3.09. The maximum Gasteiger partial charge on any atom is 0.201 e. The van der Waals surface area contributed by atoms with E-state index in [9.17, 15) is 13.6 Å². The third kappa shape index (κ3) is 2.68. The summed E-state index contributed by atoms with van der Waals surface area (Å²) in [6.45, 7) is 2.63. The molecule has 1 saturated heterocycles. The molecule has 1 aliphatic heterocycles. The van der Waals surface area contributed by atoms with Gasteiger partial charge in [0.05, 0.1) is 36.3 Å². The van der Waals surface area contributed by atoms with Crippen LogP contribution in [-0.2, 0) is 4.74 Å². The van der Waals surface area contributed by atoms with E-state index in [0.717, 1.165) is 17.8 Å². The number of nitrogen functional groups attached to an aromatic ring is 1. The minimum atomic E-state index is -1.05. The van der Waals surface area contributed by atoms with Crippen LogP contribution in [0, 0.1) is 11.6 Å². The number of aromatic amines is 1. The first-order valence-electron chi connectivity index (χ1n) is 8.14. The Morgan fingerprint density at radius 2 is 2.04 bits per heavy atom. The fourth-order valence-electron chi connectivity index (χ4n) is 3.09. The molecule has 2 aromatic heterocycles. The Labute approximate surface area is 147 Å². The van der Waals surface area contributed by atoms with Crippen LogP contribution in [0.2, 0.25) is 0 Å². The number of fused-ring (bicyclic) bond motifs is 1. The highest BCUT2D eigenvalue weighted by Crippen LogP contribution is 2.28. The molecular weight excluding hydrogens is 342 g/mol. The first-order valence-corrected chi connectivity index (χ1v) is 8.14. The van der Waals surface area contributed by atoms with Gasteiger partial charge < -0.3 is 20.4 Å². The minimum absolute atomic E-state index is 0.144. The van der Waals surface area contributed by atoms with Gasteiger partial charge in [-0.2, -0.15) is 0 Å². The SMILES string of the molecule is Nc1ccc(F)c(C(=O)c2c[nH]c3ncc(N4CCOCC4)cc23)c1F. The summed E-state index contributed by atoms with van der Waals surface area (Å²) in [7, 11) is 0. The maximum atomic E-state index is 14.2. The van der Waals surface area contributed by atoms with Crippen molar-refractivity contribution in [1.82, 2.24) is 9.97 Å². The van der Waals surface area contributed by atoms with Gasteiger partial charge in [0.2, 0.25) is 5.78 Å². The smallest absolute Gasteiger partial charge is 0.201 e. The van der Waals surface area contributed by atoms with Crippen LogP contribution in [0.3, 0.4) is 0 Å². The normalized spacial score (nSPS) is 14.8. The number of hydrogen-bond acceptors (Lipinski definition) is 5. The molecule has 1 fully saturated rings. The number of halogens is 2. The topological polar surface area (TPSA) is 84.2 Å². The molecule has 3 N–H and O–H groups in total. The highest BCUT2D eigenvalue weighted by atomic mass is 19.1. The van der Waals surface area contributed by atoms with Gasteiger partial charge >= 0.3 is 0 Å². The largest absolute Gasteiger partial charge is 0.396 e. The van der Waals surface area contributed by atoms with Crippen molar-refractivity contribution in [2.45, 2.75) is 0 Å². The van der Waals surface area contributed by atoms with Gasteiger partial charge in [-0.05, 0) is 18.2 Å². The molecule has 0 saturated carbocycles. The summed E-state index contributed by atoms with van der Waals surface area (Å²) in [6, 6.07) is 3.87. The molecule has 3 heterocycles. The lowest BCUT2D eigenvalue weighted by atomic mass is 10.0. The summed E-state index contributed by atoms with van der Waals surface area (Å²) in [5.74, 6) is -2.78. The summed E-state index contributed by atoms with van der Waals surface area (Å²) >= 11 is 0. The summed E-state index contributed by atoms with van der Waals surface area (Å²) in [4.78, 5) is 22.1. The number of ether oxygens (including phenoxy) is 1. The molecule has 0 atom stereocenters. The number of nitrogens with two attached hydrogens (primary N) is 1. The van der Waals surface area contributed by atoms with Crippen LogP contribution in [0.1, 0.15) is 15.9 Å². The van der Waals surface area contributed by atoms with E-state index in [2.05, 4.69) is 14.9 Å². The Hall–Kier alpha value is -3.00. The minimum Gasteiger partial charge on any atom is -0.396 e. The monoisotopic (exact) mass is 358 g/mol. The second-order valence-corrected chi connectivity index (χ2v) is 6.05. The van der Waals surface area contributed by atoms with Gasteiger partial charge in [-0.15, -0.1) is 0 Å². The fraction of sp³-hybridized carbons (Fsp3) is 0.222. The quantitative estimate of drug-likeness (QED) is 0.555. The van der Waals surface area contributed by atoms with E-state index in [4.69, 9.17) is 10.5 Å². The first kappa shape index (κ1) is 16.5. The number of carbonyl (C=O) groups is 1. The lowest BCUT2D eigenvalue weighted by Crippen LogP contribution is -2.36. The zero-order valence-corrected chi connectivity index (χ0v) is 13.8. The van der Waals surface area contributed by atoms with E-state index in [1.807, 2.05) is 0 Å². The number of rotatable bonds is 3. The van der Waals surface area contributed by atoms with E-state index in [1.54, 1.807) is 12.3 Å². The summed E-state index contributed by atoms with van der Waals surface area (Å²) in [5, 5.41) is 0.500. The predicted molar refractivity (Wildman–Crippen MR) is 93.3 cm³/mol. The highest BCUT2D eigenvalue weighted by molar-refractivity contribution is 6.16. The first-order chi connectivity index (χ1) is 12.6. The summed E-state index contributed by atoms with van der Waals surface area (Å²) in [6.07, 6.45) is 3.10. The molecule has 0 aliphatic carbocycles. The van der Waals surface area contributed by atoms with Crippen molar-refractivity contribution in [2.75, 3.05) is 36.9 Å². The zero-order chi connectivity index (χ0) is 18.3. The second kappa shape index (κ2) is 6.38. The molecule has 0 bridgehead atoms. The molecule has 134 valence electrons. The molecule has 8 heteroatoms. The lowest BCUT2D eigenvalue weighted by molar-refractivity contribution is 0.103. The molecular formula is C18H16F2N4O2. The Morgan fingerprint density at radius 3 is 2.81 bits per heavy atom. The van der Waals surface area contributed by atoms with E-state index >= 15 is 0 Å². The number of nitrogens with zero attached hydrogens (tertiary/aromatic N) is 2. The van der Waals surface area contributed by atoms with Gasteiger partial charge in [-0.1, -0.05) is 0 Å².